The van der Waals surface area contributed by atoms with E-state index in [9.17, 15) is 13.6 Å². The molecule has 1 aromatic carbocycles. The van der Waals surface area contributed by atoms with Gasteiger partial charge in [-0.1, -0.05) is 0 Å². The van der Waals surface area contributed by atoms with Crippen LogP contribution in [-0.2, 0) is 4.79 Å². The molecular weight excluding hydrogens is 376 g/mol. The van der Waals surface area contributed by atoms with Gasteiger partial charge in [-0.2, -0.15) is 0 Å². The van der Waals surface area contributed by atoms with Crippen LogP contribution in [0.4, 0.5) is 14.6 Å². The average Bonchev–Trinajstić information content (AvgIpc) is 3.29. The zero-order valence-electron chi connectivity index (χ0n) is 15.6. The van der Waals surface area contributed by atoms with Gasteiger partial charge in [0, 0.05) is 56.3 Å². The summed E-state index contributed by atoms with van der Waals surface area (Å²) in [5.41, 5.74) is 0.0514. The number of carbonyl (C=O) groups is 1. The minimum Gasteiger partial charge on any atom is -0.353 e. The first kappa shape index (κ1) is 18.8. The van der Waals surface area contributed by atoms with E-state index in [-0.39, 0.29) is 11.5 Å². The van der Waals surface area contributed by atoms with Gasteiger partial charge in [-0.3, -0.25) is 4.79 Å². The Labute approximate surface area is 166 Å². The Balaban J connectivity index is 1.38. The van der Waals surface area contributed by atoms with Crippen molar-refractivity contribution in [3.8, 4) is 5.82 Å². The molecule has 1 fully saturated rings. The summed E-state index contributed by atoms with van der Waals surface area (Å²) in [6, 6.07) is 8.91. The number of hydrogen-bond donors (Lipinski definition) is 0. The third-order valence-electron chi connectivity index (χ3n) is 4.79. The molecule has 0 spiro atoms. The number of carbonyl (C=O) groups excluding carboxylic acids is 1. The summed E-state index contributed by atoms with van der Waals surface area (Å²) in [4.78, 5) is 24.8. The van der Waals surface area contributed by atoms with Crippen LogP contribution in [0.5, 0.6) is 0 Å². The maximum Gasteiger partial charge on any atom is 0.246 e. The van der Waals surface area contributed by atoms with Crippen molar-refractivity contribution in [2.75, 3.05) is 31.1 Å². The molecule has 1 saturated heterocycles. The van der Waals surface area contributed by atoms with Crippen molar-refractivity contribution < 1.29 is 13.6 Å². The third-order valence-corrected chi connectivity index (χ3v) is 4.79. The summed E-state index contributed by atoms with van der Waals surface area (Å²) >= 11 is 0. The highest BCUT2D eigenvalue weighted by Crippen LogP contribution is 2.17. The summed E-state index contributed by atoms with van der Waals surface area (Å²) in [6.07, 6.45) is 7.94. The lowest BCUT2D eigenvalue weighted by atomic mass is 10.2. The van der Waals surface area contributed by atoms with Gasteiger partial charge in [-0.15, -0.1) is 0 Å². The molecule has 0 bridgehead atoms. The first-order valence-corrected chi connectivity index (χ1v) is 9.22. The van der Waals surface area contributed by atoms with Crippen molar-refractivity contribution in [1.82, 2.24) is 19.4 Å². The topological polar surface area (TPSA) is 54.3 Å². The predicted octanol–water partition coefficient (Wildman–Crippen LogP) is 2.91. The molecule has 0 N–H and O–H groups in total. The monoisotopic (exact) mass is 395 g/mol. The maximum atomic E-state index is 13.7. The number of amides is 1. The zero-order chi connectivity index (χ0) is 20.2. The lowest BCUT2D eigenvalue weighted by Gasteiger charge is -2.35. The van der Waals surface area contributed by atoms with Crippen molar-refractivity contribution in [1.29, 1.82) is 0 Å². The van der Waals surface area contributed by atoms with Crippen LogP contribution in [0, 0.1) is 11.6 Å². The fourth-order valence-electron chi connectivity index (χ4n) is 3.20. The molecule has 1 aliphatic rings. The minimum atomic E-state index is -0.567. The SMILES string of the molecule is O=C(/C=C/c1cc(F)ccc1F)N1CCN(c2cc(-n3cccc3)ncn2)CC1. The summed E-state index contributed by atoms with van der Waals surface area (Å²) in [6.45, 7) is 2.27. The standard InChI is InChI=1S/C21H19F2N5O/c22-17-4-5-18(23)16(13-17)3-6-21(29)28-11-9-27(10-12-28)20-14-19(24-15-25-20)26-7-1-2-8-26/h1-8,13-15H,9-12H2/b6-3+. The molecule has 0 aliphatic carbocycles. The van der Waals surface area contributed by atoms with E-state index in [2.05, 4.69) is 14.9 Å². The number of aromatic nitrogens is 3. The van der Waals surface area contributed by atoms with E-state index >= 15 is 0 Å². The van der Waals surface area contributed by atoms with E-state index < -0.39 is 11.6 Å². The molecule has 6 nitrogen and oxygen atoms in total. The quantitative estimate of drug-likeness (QED) is 0.638. The van der Waals surface area contributed by atoms with Crippen LogP contribution in [0.15, 0.2) is 61.2 Å². The smallest absolute Gasteiger partial charge is 0.246 e. The third kappa shape index (κ3) is 4.31. The molecule has 0 saturated carbocycles. The lowest BCUT2D eigenvalue weighted by Crippen LogP contribution is -2.48. The van der Waals surface area contributed by atoms with Crippen LogP contribution >= 0.6 is 0 Å². The Morgan fingerprint density at radius 1 is 0.966 bits per heavy atom. The second-order valence-corrected chi connectivity index (χ2v) is 6.64. The maximum absolute atomic E-state index is 13.7. The van der Waals surface area contributed by atoms with E-state index in [4.69, 9.17) is 0 Å². The Bertz CT molecular complexity index is 1030. The van der Waals surface area contributed by atoms with Gasteiger partial charge in [0.2, 0.25) is 5.91 Å². The van der Waals surface area contributed by atoms with E-state index in [1.165, 1.54) is 18.5 Å². The number of benzene rings is 1. The van der Waals surface area contributed by atoms with Gasteiger partial charge >= 0.3 is 0 Å². The largest absolute Gasteiger partial charge is 0.353 e. The molecule has 1 amide bonds. The van der Waals surface area contributed by atoms with E-state index in [0.29, 0.717) is 26.2 Å². The molecule has 0 radical (unpaired) electrons. The lowest BCUT2D eigenvalue weighted by molar-refractivity contribution is -0.126. The van der Waals surface area contributed by atoms with Gasteiger partial charge in [0.25, 0.3) is 0 Å². The van der Waals surface area contributed by atoms with Crippen molar-refractivity contribution in [2.45, 2.75) is 0 Å². The van der Waals surface area contributed by atoms with Crippen molar-refractivity contribution in [3.05, 3.63) is 78.4 Å². The van der Waals surface area contributed by atoms with Crippen molar-refractivity contribution in [2.24, 2.45) is 0 Å². The van der Waals surface area contributed by atoms with Crippen LogP contribution < -0.4 is 4.90 Å². The van der Waals surface area contributed by atoms with Gasteiger partial charge in [-0.25, -0.2) is 18.7 Å². The average molecular weight is 395 g/mol. The first-order chi connectivity index (χ1) is 14.1. The van der Waals surface area contributed by atoms with Gasteiger partial charge in [-0.05, 0) is 36.4 Å². The molecule has 1 aliphatic heterocycles. The Kier molecular flexibility index (Phi) is 5.33. The zero-order valence-corrected chi connectivity index (χ0v) is 15.6. The fraction of sp³-hybridized carbons (Fsp3) is 0.190. The number of hydrogen-bond acceptors (Lipinski definition) is 4. The molecule has 0 unspecified atom stereocenters. The highest BCUT2D eigenvalue weighted by molar-refractivity contribution is 5.92. The van der Waals surface area contributed by atoms with E-state index in [1.807, 2.05) is 35.2 Å². The second kappa shape index (κ2) is 8.22. The van der Waals surface area contributed by atoms with Crippen LogP contribution in [0.2, 0.25) is 0 Å². The van der Waals surface area contributed by atoms with Gasteiger partial charge in [0.1, 0.15) is 29.6 Å². The number of rotatable bonds is 4. The first-order valence-electron chi connectivity index (χ1n) is 9.22. The van der Waals surface area contributed by atoms with Crippen molar-refractivity contribution in [3.63, 3.8) is 0 Å². The Morgan fingerprint density at radius 2 is 1.69 bits per heavy atom. The van der Waals surface area contributed by atoms with Gasteiger partial charge in [0.05, 0.1) is 0 Å². The number of piperazine rings is 1. The predicted molar refractivity (Wildman–Crippen MR) is 106 cm³/mol. The number of halogens is 2. The summed E-state index contributed by atoms with van der Waals surface area (Å²) in [7, 11) is 0. The normalized spacial score (nSPS) is 14.6. The molecule has 29 heavy (non-hydrogen) atoms. The number of anilines is 1. The minimum absolute atomic E-state index is 0.0514. The van der Waals surface area contributed by atoms with Gasteiger partial charge < -0.3 is 14.4 Å². The molecule has 8 heteroatoms. The molecule has 2 aromatic heterocycles. The highest BCUT2D eigenvalue weighted by atomic mass is 19.1. The van der Waals surface area contributed by atoms with Crippen LogP contribution in [0.25, 0.3) is 11.9 Å². The highest BCUT2D eigenvalue weighted by Gasteiger charge is 2.21. The Hall–Kier alpha value is -3.55. The van der Waals surface area contributed by atoms with Crippen LogP contribution in [0.3, 0.4) is 0 Å². The summed E-state index contributed by atoms with van der Waals surface area (Å²) in [5, 5.41) is 0. The van der Waals surface area contributed by atoms with Crippen molar-refractivity contribution >= 4 is 17.8 Å². The summed E-state index contributed by atoms with van der Waals surface area (Å²) in [5.74, 6) is 0.231. The van der Waals surface area contributed by atoms with Crippen LogP contribution in [0.1, 0.15) is 5.56 Å². The van der Waals surface area contributed by atoms with E-state index in [1.54, 1.807) is 4.90 Å². The molecule has 3 heterocycles. The van der Waals surface area contributed by atoms with Crippen LogP contribution in [-0.4, -0.2) is 51.5 Å². The molecular formula is C21H19F2N5O. The summed E-state index contributed by atoms with van der Waals surface area (Å²) < 4.78 is 28.8. The van der Waals surface area contributed by atoms with Gasteiger partial charge in [0.15, 0.2) is 0 Å². The fourth-order valence-corrected chi connectivity index (χ4v) is 3.20. The molecule has 0 atom stereocenters. The second-order valence-electron chi connectivity index (χ2n) is 6.64. The molecule has 4 rings (SSSR count). The van der Waals surface area contributed by atoms with E-state index in [0.717, 1.165) is 29.8 Å². The number of nitrogens with zero attached hydrogens (tertiary/aromatic N) is 5. The molecule has 3 aromatic rings. The molecule has 148 valence electrons. The Morgan fingerprint density at radius 3 is 2.45 bits per heavy atom.